The molecule has 0 aromatic heterocycles. The smallest absolute Gasteiger partial charge is 0.111 e. The van der Waals surface area contributed by atoms with E-state index in [9.17, 15) is 4.91 Å². The normalized spacial score (nSPS) is 9.09. The van der Waals surface area contributed by atoms with E-state index in [2.05, 4.69) is 11.8 Å². The summed E-state index contributed by atoms with van der Waals surface area (Å²) in [5.74, 6) is 0. The first kappa shape index (κ1) is 7.66. The van der Waals surface area contributed by atoms with Crippen LogP contribution in [-0.2, 0) is 6.42 Å². The molecule has 0 fully saturated rings. The molecule has 1 rings (SSSR count). The molecule has 1 aromatic carbocycles. The topological polar surface area (TPSA) is 29.4 Å². The van der Waals surface area contributed by atoms with Gasteiger partial charge in [0.05, 0.1) is 0 Å². The molecule has 2 nitrogen and oxygen atoms in total. The van der Waals surface area contributed by atoms with Crippen LogP contribution in [0.5, 0.6) is 0 Å². The SMILES string of the molecule is C=CCc1ccccc1N=O. The van der Waals surface area contributed by atoms with Crippen LogP contribution in [0.25, 0.3) is 0 Å². The number of hydrogen-bond acceptors (Lipinski definition) is 2. The van der Waals surface area contributed by atoms with E-state index in [0.717, 1.165) is 5.56 Å². The van der Waals surface area contributed by atoms with E-state index in [1.165, 1.54) is 0 Å². The second kappa shape index (κ2) is 3.66. The molecule has 0 saturated heterocycles. The third kappa shape index (κ3) is 1.74. The lowest BCUT2D eigenvalue weighted by Crippen LogP contribution is -1.79. The van der Waals surface area contributed by atoms with Crippen molar-refractivity contribution < 1.29 is 0 Å². The van der Waals surface area contributed by atoms with E-state index in [1.54, 1.807) is 18.2 Å². The summed E-state index contributed by atoms with van der Waals surface area (Å²) in [4.78, 5) is 10.2. The fourth-order valence-electron chi connectivity index (χ4n) is 0.928. The van der Waals surface area contributed by atoms with Crippen LogP contribution in [0, 0.1) is 4.91 Å². The summed E-state index contributed by atoms with van der Waals surface area (Å²) in [6.07, 6.45) is 2.45. The molecule has 0 saturated carbocycles. The first-order valence-electron chi connectivity index (χ1n) is 3.40. The number of hydrogen-bond donors (Lipinski definition) is 0. The molecule has 0 aliphatic rings. The molecular formula is C9H9NO. The van der Waals surface area contributed by atoms with Crippen molar-refractivity contribution in [1.82, 2.24) is 0 Å². The summed E-state index contributed by atoms with van der Waals surface area (Å²) in [7, 11) is 0. The van der Waals surface area contributed by atoms with Crippen LogP contribution in [0.4, 0.5) is 5.69 Å². The van der Waals surface area contributed by atoms with E-state index in [4.69, 9.17) is 0 Å². The average Bonchev–Trinajstić information content (AvgIpc) is 2.06. The maximum Gasteiger partial charge on any atom is 0.111 e. The van der Waals surface area contributed by atoms with Crippen molar-refractivity contribution in [3.05, 3.63) is 47.4 Å². The summed E-state index contributed by atoms with van der Waals surface area (Å²) >= 11 is 0. The Hall–Kier alpha value is -1.44. The van der Waals surface area contributed by atoms with E-state index in [-0.39, 0.29) is 0 Å². The van der Waals surface area contributed by atoms with Gasteiger partial charge >= 0.3 is 0 Å². The van der Waals surface area contributed by atoms with E-state index in [1.807, 2.05) is 12.1 Å². The molecule has 1 aromatic rings. The van der Waals surface area contributed by atoms with Gasteiger partial charge in [-0.25, -0.2) is 0 Å². The van der Waals surface area contributed by atoms with Crippen molar-refractivity contribution in [1.29, 1.82) is 0 Å². The second-order valence-electron chi connectivity index (χ2n) is 2.21. The monoisotopic (exact) mass is 147 g/mol. The standard InChI is InChI=1S/C9H9NO/c1-2-5-8-6-3-4-7-9(8)10-11/h2-4,6-7H,1,5H2. The zero-order valence-corrected chi connectivity index (χ0v) is 6.16. The van der Waals surface area contributed by atoms with Gasteiger partial charge < -0.3 is 0 Å². The average molecular weight is 147 g/mol. The highest BCUT2D eigenvalue weighted by atomic mass is 16.3. The molecule has 11 heavy (non-hydrogen) atoms. The minimum Gasteiger partial charge on any atom is -0.145 e. The lowest BCUT2D eigenvalue weighted by Gasteiger charge is -1.96. The van der Waals surface area contributed by atoms with Gasteiger partial charge in [-0.05, 0) is 23.2 Å². The van der Waals surface area contributed by atoms with Gasteiger partial charge in [-0.15, -0.1) is 11.5 Å². The Labute approximate surface area is 65.5 Å². The highest BCUT2D eigenvalue weighted by Crippen LogP contribution is 2.18. The Kier molecular flexibility index (Phi) is 2.55. The van der Waals surface area contributed by atoms with E-state index >= 15 is 0 Å². The predicted octanol–water partition coefficient (Wildman–Crippen LogP) is 2.81. The van der Waals surface area contributed by atoms with Gasteiger partial charge in [0, 0.05) is 0 Å². The van der Waals surface area contributed by atoms with E-state index in [0.29, 0.717) is 12.1 Å². The number of rotatable bonds is 3. The van der Waals surface area contributed by atoms with Crippen molar-refractivity contribution in [3.63, 3.8) is 0 Å². The molecule has 0 spiro atoms. The number of allylic oxidation sites excluding steroid dienone is 1. The lowest BCUT2D eigenvalue weighted by molar-refractivity contribution is 1.25. The first-order chi connectivity index (χ1) is 5.38. The minimum absolute atomic E-state index is 0.507. The van der Waals surface area contributed by atoms with Crippen LogP contribution in [0.3, 0.4) is 0 Å². The van der Waals surface area contributed by atoms with Crippen LogP contribution < -0.4 is 0 Å². The maximum atomic E-state index is 10.2. The Bertz CT molecular complexity index is 268. The largest absolute Gasteiger partial charge is 0.145 e. The Morgan fingerprint density at radius 3 is 2.82 bits per heavy atom. The molecular weight excluding hydrogens is 138 g/mol. The molecule has 0 amide bonds. The van der Waals surface area contributed by atoms with Gasteiger partial charge in [0.15, 0.2) is 0 Å². The van der Waals surface area contributed by atoms with Gasteiger partial charge in [-0.2, -0.15) is 0 Å². The van der Waals surface area contributed by atoms with Crippen LogP contribution in [0.15, 0.2) is 42.1 Å². The zero-order valence-electron chi connectivity index (χ0n) is 6.16. The fraction of sp³-hybridized carbons (Fsp3) is 0.111. The van der Waals surface area contributed by atoms with Crippen molar-refractivity contribution in [3.8, 4) is 0 Å². The molecule has 56 valence electrons. The fourth-order valence-corrected chi connectivity index (χ4v) is 0.928. The van der Waals surface area contributed by atoms with Crippen LogP contribution in [0.2, 0.25) is 0 Å². The van der Waals surface area contributed by atoms with Gasteiger partial charge in [0.2, 0.25) is 0 Å². The van der Waals surface area contributed by atoms with Gasteiger partial charge in [0.25, 0.3) is 0 Å². The number of nitrogens with zero attached hydrogens (tertiary/aromatic N) is 1. The summed E-state index contributed by atoms with van der Waals surface area (Å²) in [6, 6.07) is 7.25. The highest BCUT2D eigenvalue weighted by Gasteiger charge is 1.97. The van der Waals surface area contributed by atoms with Gasteiger partial charge in [0.1, 0.15) is 5.69 Å². The Morgan fingerprint density at radius 2 is 2.18 bits per heavy atom. The molecule has 0 heterocycles. The third-order valence-electron chi connectivity index (χ3n) is 1.45. The van der Waals surface area contributed by atoms with Crippen LogP contribution >= 0.6 is 0 Å². The molecule has 2 heteroatoms. The predicted molar refractivity (Wildman–Crippen MR) is 45.8 cm³/mol. The quantitative estimate of drug-likeness (QED) is 0.477. The number of benzene rings is 1. The Morgan fingerprint density at radius 1 is 1.45 bits per heavy atom. The first-order valence-corrected chi connectivity index (χ1v) is 3.40. The minimum atomic E-state index is 0.507. The van der Waals surface area contributed by atoms with Crippen LogP contribution in [0.1, 0.15) is 5.56 Å². The van der Waals surface area contributed by atoms with Crippen molar-refractivity contribution in [2.24, 2.45) is 5.18 Å². The highest BCUT2D eigenvalue weighted by molar-refractivity contribution is 5.46. The van der Waals surface area contributed by atoms with E-state index < -0.39 is 0 Å². The van der Waals surface area contributed by atoms with Gasteiger partial charge in [-0.1, -0.05) is 24.3 Å². The number of nitroso groups, excluding NO2 is 1. The Balaban J connectivity index is 3.01. The zero-order chi connectivity index (χ0) is 8.10. The van der Waals surface area contributed by atoms with Crippen LogP contribution in [-0.4, -0.2) is 0 Å². The van der Waals surface area contributed by atoms with Gasteiger partial charge in [-0.3, -0.25) is 0 Å². The molecule has 0 radical (unpaired) electrons. The van der Waals surface area contributed by atoms with Crippen molar-refractivity contribution in [2.75, 3.05) is 0 Å². The summed E-state index contributed by atoms with van der Waals surface area (Å²) in [5, 5.41) is 2.89. The molecule has 0 aliphatic carbocycles. The molecule has 0 aliphatic heterocycles. The third-order valence-corrected chi connectivity index (χ3v) is 1.45. The molecule has 0 atom stereocenters. The summed E-state index contributed by atoms with van der Waals surface area (Å²) < 4.78 is 0. The summed E-state index contributed by atoms with van der Waals surface area (Å²) in [6.45, 7) is 3.59. The lowest BCUT2D eigenvalue weighted by atomic mass is 10.1. The molecule has 0 N–H and O–H groups in total. The molecule has 0 unspecified atom stereocenters. The second-order valence-corrected chi connectivity index (χ2v) is 2.21. The van der Waals surface area contributed by atoms with Crippen molar-refractivity contribution >= 4 is 5.69 Å². The summed E-state index contributed by atoms with van der Waals surface area (Å²) in [5.41, 5.74) is 1.44. The molecule has 0 bridgehead atoms. The van der Waals surface area contributed by atoms with Crippen molar-refractivity contribution in [2.45, 2.75) is 6.42 Å². The maximum absolute atomic E-state index is 10.2.